The van der Waals surface area contributed by atoms with Gasteiger partial charge in [0.05, 0.1) is 10.9 Å². The summed E-state index contributed by atoms with van der Waals surface area (Å²) in [6.45, 7) is 4.11. The Balaban J connectivity index is 1.92. The predicted octanol–water partition coefficient (Wildman–Crippen LogP) is 1.95. The lowest BCUT2D eigenvalue weighted by atomic mass is 10.1. The zero-order valence-electron chi connectivity index (χ0n) is 10.0. The first-order valence-corrected chi connectivity index (χ1v) is 8.31. The maximum absolute atomic E-state index is 4.81. The van der Waals surface area contributed by atoms with E-state index in [2.05, 4.69) is 12.2 Å². The van der Waals surface area contributed by atoms with Crippen molar-refractivity contribution in [3.63, 3.8) is 0 Å². The van der Waals surface area contributed by atoms with Crippen LogP contribution in [0.15, 0.2) is 0 Å². The Bertz CT molecular complexity index is 416. The van der Waals surface area contributed by atoms with Crippen LogP contribution in [-0.4, -0.2) is 33.8 Å². The van der Waals surface area contributed by atoms with Gasteiger partial charge in [0.25, 0.3) is 0 Å². The van der Waals surface area contributed by atoms with Gasteiger partial charge in [0, 0.05) is 48.0 Å². The topological polar surface area (TPSA) is 37.8 Å². The van der Waals surface area contributed by atoms with E-state index in [1.165, 1.54) is 34.2 Å². The van der Waals surface area contributed by atoms with Crippen molar-refractivity contribution >= 4 is 23.5 Å². The van der Waals surface area contributed by atoms with Crippen LogP contribution in [0.5, 0.6) is 0 Å². The van der Waals surface area contributed by atoms with Crippen LogP contribution in [0, 0.1) is 6.92 Å². The molecule has 1 aromatic heterocycles. The number of nitrogens with one attached hydrogen (secondary N) is 1. The van der Waals surface area contributed by atoms with Gasteiger partial charge in [-0.1, -0.05) is 0 Å². The largest absolute Gasteiger partial charge is 0.312 e. The summed E-state index contributed by atoms with van der Waals surface area (Å²) in [6, 6.07) is 0. The second-order valence-corrected chi connectivity index (χ2v) is 6.91. The van der Waals surface area contributed by atoms with E-state index >= 15 is 0 Å². The minimum absolute atomic E-state index is 0.507. The summed E-state index contributed by atoms with van der Waals surface area (Å²) < 4.78 is 0. The first kappa shape index (κ1) is 11.8. The third-order valence-electron chi connectivity index (χ3n) is 3.26. The summed E-state index contributed by atoms with van der Waals surface area (Å²) in [4.78, 5) is 9.54. The van der Waals surface area contributed by atoms with Gasteiger partial charge in [-0.25, -0.2) is 9.97 Å². The molecule has 1 saturated heterocycles. The Kier molecular flexibility index (Phi) is 3.59. The van der Waals surface area contributed by atoms with E-state index in [0.29, 0.717) is 5.25 Å². The molecular weight excluding hydrogens is 250 g/mol. The number of fused-ring (bicyclic) bond motifs is 1. The Labute approximate surface area is 111 Å². The molecule has 92 valence electrons. The predicted molar refractivity (Wildman–Crippen MR) is 74.7 cm³/mol. The summed E-state index contributed by atoms with van der Waals surface area (Å²) in [5, 5.41) is 3.90. The van der Waals surface area contributed by atoms with Crippen molar-refractivity contribution < 1.29 is 0 Å². The molecule has 1 unspecified atom stereocenters. The standard InChI is InChI=1S/C12H17N3S2/c1-8-9-6-13-3-2-10(9)15-12(14-8)11-7-16-4-5-17-11/h11,13H,2-7H2,1H3. The number of thioether (sulfide) groups is 2. The van der Waals surface area contributed by atoms with Gasteiger partial charge in [-0.3, -0.25) is 0 Å². The van der Waals surface area contributed by atoms with Crippen LogP contribution in [-0.2, 0) is 13.0 Å². The highest BCUT2D eigenvalue weighted by atomic mass is 32.2. The van der Waals surface area contributed by atoms with Crippen LogP contribution in [0.25, 0.3) is 0 Å². The smallest absolute Gasteiger partial charge is 0.142 e. The fraction of sp³-hybridized carbons (Fsp3) is 0.667. The van der Waals surface area contributed by atoms with Crippen molar-refractivity contribution in [1.29, 1.82) is 0 Å². The number of nitrogens with zero attached hydrogens (tertiary/aromatic N) is 2. The summed E-state index contributed by atoms with van der Waals surface area (Å²) >= 11 is 4.04. The van der Waals surface area contributed by atoms with Crippen LogP contribution in [0.1, 0.15) is 28.0 Å². The molecule has 1 atom stereocenters. The van der Waals surface area contributed by atoms with Gasteiger partial charge in [0.1, 0.15) is 5.82 Å². The Hall–Kier alpha value is -0.260. The first-order valence-electron chi connectivity index (χ1n) is 6.11. The number of aromatic nitrogens is 2. The van der Waals surface area contributed by atoms with Gasteiger partial charge >= 0.3 is 0 Å². The molecule has 3 rings (SSSR count). The minimum atomic E-state index is 0.507. The molecule has 1 fully saturated rings. The second-order valence-electron chi connectivity index (χ2n) is 4.45. The lowest BCUT2D eigenvalue weighted by molar-refractivity contribution is 0.614. The highest BCUT2D eigenvalue weighted by Crippen LogP contribution is 2.35. The van der Waals surface area contributed by atoms with Gasteiger partial charge in [-0.2, -0.15) is 11.8 Å². The fourth-order valence-corrected chi connectivity index (χ4v) is 4.92. The van der Waals surface area contributed by atoms with Crippen LogP contribution in [0.3, 0.4) is 0 Å². The summed E-state index contributed by atoms with van der Waals surface area (Å²) in [5.74, 6) is 4.74. The zero-order chi connectivity index (χ0) is 11.7. The third-order valence-corrected chi connectivity index (χ3v) is 6.01. The molecule has 1 N–H and O–H groups in total. The van der Waals surface area contributed by atoms with Crippen LogP contribution in [0.2, 0.25) is 0 Å². The number of aryl methyl sites for hydroxylation is 1. The number of rotatable bonds is 1. The van der Waals surface area contributed by atoms with Crippen LogP contribution < -0.4 is 5.32 Å². The molecule has 0 aromatic carbocycles. The van der Waals surface area contributed by atoms with Crippen molar-refractivity contribution in [2.45, 2.75) is 25.1 Å². The van der Waals surface area contributed by atoms with E-state index in [4.69, 9.17) is 9.97 Å². The average Bonchev–Trinajstić information content (AvgIpc) is 2.40. The lowest BCUT2D eigenvalue weighted by Crippen LogP contribution is -2.27. The summed E-state index contributed by atoms with van der Waals surface area (Å²) in [7, 11) is 0. The van der Waals surface area contributed by atoms with Crippen molar-refractivity contribution in [3.05, 3.63) is 22.8 Å². The van der Waals surface area contributed by atoms with E-state index in [-0.39, 0.29) is 0 Å². The van der Waals surface area contributed by atoms with Crippen molar-refractivity contribution in [2.75, 3.05) is 23.8 Å². The van der Waals surface area contributed by atoms with Gasteiger partial charge in [0.15, 0.2) is 0 Å². The average molecular weight is 267 g/mol. The van der Waals surface area contributed by atoms with E-state index in [0.717, 1.165) is 25.3 Å². The van der Waals surface area contributed by atoms with Crippen LogP contribution >= 0.6 is 23.5 Å². The lowest BCUT2D eigenvalue weighted by Gasteiger charge is -2.23. The van der Waals surface area contributed by atoms with Gasteiger partial charge in [-0.05, 0) is 6.92 Å². The van der Waals surface area contributed by atoms with E-state index < -0.39 is 0 Å². The highest BCUT2D eigenvalue weighted by Gasteiger charge is 2.22. The molecule has 2 aliphatic rings. The van der Waals surface area contributed by atoms with Gasteiger partial charge < -0.3 is 5.32 Å². The molecule has 0 amide bonds. The molecule has 0 radical (unpaired) electrons. The summed E-state index contributed by atoms with van der Waals surface area (Å²) in [5.41, 5.74) is 3.78. The fourth-order valence-electron chi connectivity index (χ4n) is 2.32. The zero-order valence-corrected chi connectivity index (χ0v) is 11.7. The molecule has 2 aliphatic heterocycles. The molecule has 1 aromatic rings. The molecule has 5 heteroatoms. The van der Waals surface area contributed by atoms with Crippen molar-refractivity contribution in [3.8, 4) is 0 Å². The normalized spacial score (nSPS) is 24.4. The van der Waals surface area contributed by atoms with Crippen molar-refractivity contribution in [1.82, 2.24) is 15.3 Å². The van der Waals surface area contributed by atoms with E-state index in [1.807, 2.05) is 23.5 Å². The highest BCUT2D eigenvalue weighted by molar-refractivity contribution is 8.06. The maximum atomic E-state index is 4.81. The van der Waals surface area contributed by atoms with E-state index in [1.54, 1.807) is 0 Å². The molecular formula is C12H17N3S2. The molecule has 0 bridgehead atoms. The number of hydrogen-bond donors (Lipinski definition) is 1. The maximum Gasteiger partial charge on any atom is 0.142 e. The Morgan fingerprint density at radius 1 is 1.29 bits per heavy atom. The minimum Gasteiger partial charge on any atom is -0.312 e. The molecule has 0 aliphatic carbocycles. The Morgan fingerprint density at radius 3 is 3.06 bits per heavy atom. The molecule has 17 heavy (non-hydrogen) atoms. The molecule has 0 spiro atoms. The van der Waals surface area contributed by atoms with Gasteiger partial charge in [0.2, 0.25) is 0 Å². The van der Waals surface area contributed by atoms with Gasteiger partial charge in [-0.15, -0.1) is 11.8 Å². The second kappa shape index (κ2) is 5.16. The first-order chi connectivity index (χ1) is 8.34. The molecule has 0 saturated carbocycles. The van der Waals surface area contributed by atoms with Crippen LogP contribution in [0.4, 0.5) is 0 Å². The quantitative estimate of drug-likeness (QED) is 0.842. The molecule has 3 nitrogen and oxygen atoms in total. The number of hydrogen-bond acceptors (Lipinski definition) is 5. The SMILES string of the molecule is Cc1nc(C2CSCCS2)nc2c1CNCC2. The Morgan fingerprint density at radius 2 is 2.24 bits per heavy atom. The summed E-state index contributed by atoms with van der Waals surface area (Å²) in [6.07, 6.45) is 1.05. The molecule has 3 heterocycles. The monoisotopic (exact) mass is 267 g/mol. The van der Waals surface area contributed by atoms with Crippen molar-refractivity contribution in [2.24, 2.45) is 0 Å². The third kappa shape index (κ3) is 2.46. The van der Waals surface area contributed by atoms with E-state index in [9.17, 15) is 0 Å².